The van der Waals surface area contributed by atoms with Gasteiger partial charge in [0.25, 0.3) is 8.32 Å². The van der Waals surface area contributed by atoms with Gasteiger partial charge in [-0.3, -0.25) is 0 Å². The molecule has 2 saturated heterocycles. The van der Waals surface area contributed by atoms with Crippen LogP contribution < -0.4 is 15.6 Å². The molecule has 0 amide bonds. The predicted molar refractivity (Wildman–Crippen MR) is 218 cm³/mol. The van der Waals surface area contributed by atoms with E-state index in [-0.39, 0.29) is 35.2 Å². The Balaban J connectivity index is 1.09. The Morgan fingerprint density at radius 1 is 0.736 bits per heavy atom. The molecule has 3 aromatic rings. The molecule has 10 atom stereocenters. The average Bonchev–Trinajstić information content (AvgIpc) is 3.85. The summed E-state index contributed by atoms with van der Waals surface area (Å²) in [5.74, 6) is -0.191. The van der Waals surface area contributed by atoms with Crippen molar-refractivity contribution in [3.05, 3.63) is 91.0 Å². The molecule has 0 bridgehead atoms. The molecule has 4 fully saturated rings. The van der Waals surface area contributed by atoms with Crippen molar-refractivity contribution >= 4 is 32.0 Å². The third-order valence-electron chi connectivity index (χ3n) is 13.7. The zero-order chi connectivity index (χ0) is 37.8. The number of epoxide rings is 1. The molecule has 0 aromatic heterocycles. The highest BCUT2D eigenvalue weighted by molar-refractivity contribution is 6.99. The molecular formula is C45H64O6Si2. The van der Waals surface area contributed by atoms with Crippen LogP contribution in [0.4, 0.5) is 0 Å². The SMILES string of the molecule is C[C@@H]1[C@H](CC[C@@H]2C[C@H](CCO[Si](c3ccccc3)(c3ccccc3)C(C)(C)C)OC(C)(C)O2)[C@H]2[C@@H](O)CCC(O)C23OC3[C@@H]1[Si](C)(C)c1ccccc1. The average molecular weight is 757 g/mol. The molecule has 2 aliphatic carbocycles. The molecule has 3 aromatic carbocycles. The van der Waals surface area contributed by atoms with Crippen molar-refractivity contribution in [2.75, 3.05) is 6.61 Å². The Labute approximate surface area is 320 Å². The molecule has 2 N–H and O–H groups in total. The number of benzene rings is 3. The molecule has 2 saturated carbocycles. The van der Waals surface area contributed by atoms with Crippen LogP contribution in [-0.4, -0.2) is 75.1 Å². The van der Waals surface area contributed by atoms with E-state index < -0.39 is 40.0 Å². The zero-order valence-electron chi connectivity index (χ0n) is 33.3. The third kappa shape index (κ3) is 7.09. The molecule has 0 radical (unpaired) electrons. The van der Waals surface area contributed by atoms with Crippen molar-refractivity contribution in [2.24, 2.45) is 17.8 Å². The summed E-state index contributed by atoms with van der Waals surface area (Å²) in [7, 11) is -4.66. The lowest BCUT2D eigenvalue weighted by Crippen LogP contribution is -2.66. The van der Waals surface area contributed by atoms with Gasteiger partial charge in [0.05, 0.1) is 38.6 Å². The molecule has 4 aliphatic rings. The first-order valence-corrected chi connectivity index (χ1v) is 25.3. The summed E-state index contributed by atoms with van der Waals surface area (Å²) in [6.45, 7) is 19.0. The molecule has 6 nitrogen and oxygen atoms in total. The standard InChI is InChI=1S/C45H64O6Si2/c1-31-37(40-38(46)26-27-39(47)45(40)42(51-45)41(31)52(7,8)34-18-12-9-13-19-34)25-24-32-30-33(50-44(5,6)49-32)28-29-48-53(43(2,3)4,35-20-14-10-15-21-35)36-22-16-11-17-23-36/h9-23,31-33,37-42,46-47H,24-30H2,1-8H3/t31-,32-,33+,37+,38+,39?,40+,41-,42?,45?/m1/s1. The van der Waals surface area contributed by atoms with Crippen LogP contribution in [0.2, 0.25) is 23.7 Å². The molecule has 3 unspecified atom stereocenters. The largest absolute Gasteiger partial charge is 0.407 e. The van der Waals surface area contributed by atoms with Gasteiger partial charge in [0.2, 0.25) is 0 Å². The molecule has 288 valence electrons. The van der Waals surface area contributed by atoms with E-state index >= 15 is 0 Å². The smallest absolute Gasteiger partial charge is 0.261 e. The van der Waals surface area contributed by atoms with E-state index in [1.54, 1.807) is 0 Å². The first kappa shape index (κ1) is 39.1. The van der Waals surface area contributed by atoms with Crippen LogP contribution in [-0.2, 0) is 18.6 Å². The van der Waals surface area contributed by atoms with Gasteiger partial charge < -0.3 is 28.8 Å². The summed E-state index contributed by atoms with van der Waals surface area (Å²) >= 11 is 0. The van der Waals surface area contributed by atoms with E-state index in [1.165, 1.54) is 15.6 Å². The Bertz CT molecular complexity index is 1620. The van der Waals surface area contributed by atoms with Gasteiger partial charge in [-0.25, -0.2) is 0 Å². The Kier molecular flexibility index (Phi) is 10.9. The second kappa shape index (κ2) is 14.7. The summed E-state index contributed by atoms with van der Waals surface area (Å²) in [6, 6.07) is 32.7. The number of hydrogen-bond acceptors (Lipinski definition) is 6. The maximum absolute atomic E-state index is 11.6. The minimum Gasteiger partial charge on any atom is -0.407 e. The van der Waals surface area contributed by atoms with Crippen molar-refractivity contribution in [3.8, 4) is 0 Å². The highest BCUT2D eigenvalue weighted by Gasteiger charge is 2.77. The van der Waals surface area contributed by atoms with Gasteiger partial charge in [0.1, 0.15) is 5.60 Å². The van der Waals surface area contributed by atoms with Gasteiger partial charge in [-0.15, -0.1) is 0 Å². The van der Waals surface area contributed by atoms with Crippen LogP contribution in [0.25, 0.3) is 0 Å². The van der Waals surface area contributed by atoms with Gasteiger partial charge in [-0.05, 0) is 78.7 Å². The number of hydrogen-bond donors (Lipinski definition) is 2. The summed E-state index contributed by atoms with van der Waals surface area (Å²) in [6.07, 6.45) is 3.69. The topological polar surface area (TPSA) is 80.7 Å². The van der Waals surface area contributed by atoms with Crippen LogP contribution >= 0.6 is 0 Å². The lowest BCUT2D eigenvalue weighted by molar-refractivity contribution is -0.302. The van der Waals surface area contributed by atoms with Crippen LogP contribution in [0, 0.1) is 17.8 Å². The quantitative estimate of drug-likeness (QED) is 0.160. The molecular weight excluding hydrogens is 693 g/mol. The molecule has 8 heteroatoms. The first-order valence-electron chi connectivity index (χ1n) is 20.3. The van der Waals surface area contributed by atoms with Gasteiger partial charge in [0, 0.05) is 18.9 Å². The van der Waals surface area contributed by atoms with E-state index in [0.717, 1.165) is 25.7 Å². The Morgan fingerprint density at radius 3 is 1.81 bits per heavy atom. The molecule has 7 rings (SSSR count). The van der Waals surface area contributed by atoms with Gasteiger partial charge >= 0.3 is 0 Å². The lowest BCUT2D eigenvalue weighted by atomic mass is 9.58. The van der Waals surface area contributed by atoms with E-state index in [9.17, 15) is 10.2 Å². The number of aliphatic hydroxyl groups is 2. The van der Waals surface area contributed by atoms with Crippen LogP contribution in [0.15, 0.2) is 91.0 Å². The van der Waals surface area contributed by atoms with Crippen LogP contribution in [0.3, 0.4) is 0 Å². The summed E-state index contributed by atoms with van der Waals surface area (Å²) in [4.78, 5) is 0. The fourth-order valence-electron chi connectivity index (χ4n) is 11.4. The van der Waals surface area contributed by atoms with E-state index in [2.05, 4.69) is 132 Å². The van der Waals surface area contributed by atoms with Gasteiger partial charge in [0.15, 0.2) is 5.79 Å². The predicted octanol–water partition coefficient (Wildman–Crippen LogP) is 7.16. The minimum absolute atomic E-state index is 0.00348. The number of aliphatic hydroxyl groups excluding tert-OH is 2. The maximum atomic E-state index is 11.6. The van der Waals surface area contributed by atoms with Gasteiger partial charge in [-0.1, -0.05) is 137 Å². The van der Waals surface area contributed by atoms with Crippen molar-refractivity contribution in [1.82, 2.24) is 0 Å². The number of rotatable bonds is 11. The van der Waals surface area contributed by atoms with E-state index in [4.69, 9.17) is 18.6 Å². The van der Waals surface area contributed by atoms with Crippen molar-refractivity contribution in [2.45, 2.75) is 146 Å². The fourth-order valence-corrected chi connectivity index (χ4v) is 20.1. The van der Waals surface area contributed by atoms with Crippen LogP contribution in [0.1, 0.15) is 80.1 Å². The molecule has 1 spiro atoms. The highest BCUT2D eigenvalue weighted by atomic mass is 28.4. The van der Waals surface area contributed by atoms with Gasteiger partial charge in [-0.2, -0.15) is 0 Å². The number of ether oxygens (including phenoxy) is 3. The molecule has 53 heavy (non-hydrogen) atoms. The second-order valence-electron chi connectivity index (χ2n) is 18.7. The monoisotopic (exact) mass is 756 g/mol. The minimum atomic E-state index is -2.65. The third-order valence-corrected chi connectivity index (χ3v) is 23.1. The van der Waals surface area contributed by atoms with E-state index in [0.29, 0.717) is 30.9 Å². The normalized spacial score (nSPS) is 34.2. The van der Waals surface area contributed by atoms with Crippen molar-refractivity contribution in [1.29, 1.82) is 0 Å². The summed E-state index contributed by atoms with van der Waals surface area (Å²) < 4.78 is 27.3. The lowest BCUT2D eigenvalue weighted by Gasteiger charge is -2.52. The summed E-state index contributed by atoms with van der Waals surface area (Å²) in [5, 5.41) is 27.1. The molecule has 2 heterocycles. The Hall–Kier alpha value is -2.15. The van der Waals surface area contributed by atoms with Crippen LogP contribution in [0.5, 0.6) is 0 Å². The van der Waals surface area contributed by atoms with E-state index in [1.807, 2.05) is 13.8 Å². The Morgan fingerprint density at radius 2 is 1.26 bits per heavy atom. The first-order chi connectivity index (χ1) is 25.1. The van der Waals surface area contributed by atoms with Crippen molar-refractivity contribution < 1.29 is 28.8 Å². The fraction of sp³-hybridized carbons (Fsp3) is 0.600. The highest BCUT2D eigenvalue weighted by Crippen LogP contribution is 2.67. The maximum Gasteiger partial charge on any atom is 0.261 e. The molecule has 2 aliphatic heterocycles. The summed E-state index contributed by atoms with van der Waals surface area (Å²) in [5.41, 5.74) is -0.278. The zero-order valence-corrected chi connectivity index (χ0v) is 35.3. The van der Waals surface area contributed by atoms with Crippen molar-refractivity contribution in [3.63, 3.8) is 0 Å². The second-order valence-corrected chi connectivity index (χ2v) is 27.7.